The van der Waals surface area contributed by atoms with Crippen molar-refractivity contribution in [3.63, 3.8) is 0 Å². The fourth-order valence-corrected chi connectivity index (χ4v) is 4.02. The molecule has 1 aliphatic carbocycles. The van der Waals surface area contributed by atoms with Gasteiger partial charge in [0.2, 0.25) is 5.43 Å². The largest absolute Gasteiger partial charge is 0.477 e. The van der Waals surface area contributed by atoms with E-state index in [-0.39, 0.29) is 22.8 Å². The van der Waals surface area contributed by atoms with E-state index < -0.39 is 22.8 Å². The molecule has 1 heterocycles. The van der Waals surface area contributed by atoms with E-state index in [4.69, 9.17) is 5.73 Å². The Morgan fingerprint density at radius 2 is 2.00 bits per heavy atom. The Bertz CT molecular complexity index is 1150. The number of halogens is 1. The lowest BCUT2D eigenvalue weighted by molar-refractivity contribution is 0.0695. The summed E-state index contributed by atoms with van der Waals surface area (Å²) in [5.74, 6) is -1.65. The third-order valence-electron chi connectivity index (χ3n) is 5.69. The predicted octanol–water partition coefficient (Wildman–Crippen LogP) is 3.80. The van der Waals surface area contributed by atoms with Gasteiger partial charge in [-0.15, -0.1) is 0 Å². The summed E-state index contributed by atoms with van der Waals surface area (Å²) in [6.07, 6.45) is 3.03. The van der Waals surface area contributed by atoms with Crippen LogP contribution in [0.25, 0.3) is 10.9 Å². The number of carbonyl (C=O) groups is 1. The molecular weight excluding hydrogens is 373 g/mol. The minimum Gasteiger partial charge on any atom is -0.477 e. The van der Waals surface area contributed by atoms with Gasteiger partial charge in [0.15, 0.2) is 5.82 Å². The number of aromatic nitrogens is 1. The van der Waals surface area contributed by atoms with Gasteiger partial charge in [0, 0.05) is 18.8 Å². The minimum atomic E-state index is -1.36. The first kappa shape index (κ1) is 19.0. The molecule has 1 saturated carbocycles. The van der Waals surface area contributed by atoms with E-state index in [0.717, 1.165) is 12.8 Å². The second-order valence-electron chi connectivity index (χ2n) is 7.43. The third-order valence-corrected chi connectivity index (χ3v) is 5.69. The summed E-state index contributed by atoms with van der Waals surface area (Å²) < 4.78 is 16.5. The summed E-state index contributed by atoms with van der Waals surface area (Å²) in [5, 5.41) is 12.4. The van der Waals surface area contributed by atoms with Crippen LogP contribution in [0.3, 0.4) is 0 Å². The molecule has 29 heavy (non-hydrogen) atoms. The lowest BCUT2D eigenvalue weighted by Gasteiger charge is -2.37. The lowest BCUT2D eigenvalue weighted by Crippen LogP contribution is -2.34. The Kier molecular flexibility index (Phi) is 4.74. The van der Waals surface area contributed by atoms with Gasteiger partial charge in [0.1, 0.15) is 5.56 Å². The zero-order valence-corrected chi connectivity index (χ0v) is 16.0. The van der Waals surface area contributed by atoms with E-state index in [1.807, 2.05) is 25.1 Å². The molecule has 0 radical (unpaired) electrons. The monoisotopic (exact) mass is 395 g/mol. The Labute approximate surface area is 166 Å². The molecule has 4 rings (SSSR count). The molecular formula is C22H22FN3O3. The van der Waals surface area contributed by atoms with Crippen LogP contribution in [0.15, 0.2) is 47.4 Å². The van der Waals surface area contributed by atoms with Crippen LogP contribution < -0.4 is 16.5 Å². The van der Waals surface area contributed by atoms with Crippen molar-refractivity contribution >= 4 is 28.2 Å². The van der Waals surface area contributed by atoms with Crippen LogP contribution in [0.2, 0.25) is 0 Å². The average molecular weight is 395 g/mol. The van der Waals surface area contributed by atoms with Gasteiger partial charge < -0.3 is 20.7 Å². The third kappa shape index (κ3) is 3.22. The zero-order chi connectivity index (χ0) is 20.7. The maximum atomic E-state index is 14.9. The minimum absolute atomic E-state index is 0.0921. The van der Waals surface area contributed by atoms with Crippen LogP contribution in [0, 0.1) is 5.82 Å². The maximum Gasteiger partial charge on any atom is 0.341 e. The fourth-order valence-electron chi connectivity index (χ4n) is 4.02. The van der Waals surface area contributed by atoms with Gasteiger partial charge in [-0.05, 0) is 37.3 Å². The molecule has 7 heteroatoms. The highest BCUT2D eigenvalue weighted by atomic mass is 19.1. The summed E-state index contributed by atoms with van der Waals surface area (Å²) in [6, 6.07) is 11.8. The normalized spacial score (nSPS) is 18.4. The first-order chi connectivity index (χ1) is 13.9. The second kappa shape index (κ2) is 7.24. The molecule has 0 saturated heterocycles. The van der Waals surface area contributed by atoms with Gasteiger partial charge in [0.25, 0.3) is 0 Å². The van der Waals surface area contributed by atoms with Crippen molar-refractivity contribution in [3.05, 3.63) is 69.8 Å². The second-order valence-corrected chi connectivity index (χ2v) is 7.43. The number of hydrogen-bond donors (Lipinski definition) is 3. The van der Waals surface area contributed by atoms with E-state index in [1.54, 1.807) is 10.6 Å². The fraction of sp³-hybridized carbons (Fsp3) is 0.273. The zero-order valence-electron chi connectivity index (χ0n) is 16.0. The molecule has 0 aliphatic heterocycles. The molecule has 0 bridgehead atoms. The number of carboxylic acid groups (broad SMARTS) is 1. The first-order valence-corrected chi connectivity index (χ1v) is 9.60. The molecule has 1 fully saturated rings. The van der Waals surface area contributed by atoms with Crippen LogP contribution in [-0.4, -0.2) is 21.7 Å². The first-order valence-electron chi connectivity index (χ1n) is 9.60. The molecule has 0 unspecified atom stereocenters. The molecule has 0 atom stereocenters. The van der Waals surface area contributed by atoms with Crippen molar-refractivity contribution in [2.75, 3.05) is 11.1 Å². The van der Waals surface area contributed by atoms with Crippen LogP contribution in [0.1, 0.15) is 41.6 Å². The van der Waals surface area contributed by atoms with Crippen molar-refractivity contribution < 1.29 is 14.3 Å². The van der Waals surface area contributed by atoms with E-state index >= 15 is 0 Å². The predicted molar refractivity (Wildman–Crippen MR) is 111 cm³/mol. The summed E-state index contributed by atoms with van der Waals surface area (Å²) in [5.41, 5.74) is 6.35. The lowest BCUT2D eigenvalue weighted by atomic mass is 9.76. The standard InChI is InChI=1S/C22H22FN3O3/c1-2-26-11-15(22(28)29)21(27)18-17(26)10-16(19(23)20(18)24)25-14-8-13(9-14)12-6-4-3-5-7-12/h3-7,10-11,13-14,25H,2,8-9,24H2,1H3,(H,28,29)/t13-,14-. The molecule has 150 valence electrons. The number of nitrogens with one attached hydrogen (secondary N) is 1. The Balaban J connectivity index is 1.68. The van der Waals surface area contributed by atoms with Gasteiger partial charge in [-0.25, -0.2) is 9.18 Å². The van der Waals surface area contributed by atoms with Crippen LogP contribution in [0.4, 0.5) is 15.8 Å². The number of benzene rings is 2. The number of hydrogen-bond acceptors (Lipinski definition) is 4. The van der Waals surface area contributed by atoms with Gasteiger partial charge in [-0.3, -0.25) is 4.79 Å². The van der Waals surface area contributed by atoms with E-state index in [2.05, 4.69) is 17.4 Å². The molecule has 6 nitrogen and oxygen atoms in total. The molecule has 2 aromatic carbocycles. The highest BCUT2D eigenvalue weighted by Crippen LogP contribution is 2.39. The van der Waals surface area contributed by atoms with Crippen molar-refractivity contribution in [2.24, 2.45) is 0 Å². The van der Waals surface area contributed by atoms with Crippen molar-refractivity contribution in [1.82, 2.24) is 4.57 Å². The van der Waals surface area contributed by atoms with Gasteiger partial charge in [0.05, 0.1) is 22.3 Å². The number of nitrogen functional groups attached to an aromatic ring is 1. The number of nitrogens with two attached hydrogens (primary N) is 1. The highest BCUT2D eigenvalue weighted by molar-refractivity contribution is 5.99. The van der Waals surface area contributed by atoms with Gasteiger partial charge >= 0.3 is 5.97 Å². The smallest absolute Gasteiger partial charge is 0.341 e. The summed E-state index contributed by atoms with van der Waals surface area (Å²) >= 11 is 0. The van der Waals surface area contributed by atoms with Crippen molar-refractivity contribution in [2.45, 2.75) is 38.3 Å². The summed E-state index contributed by atoms with van der Waals surface area (Å²) in [6.45, 7) is 2.24. The number of aromatic carboxylic acids is 1. The maximum absolute atomic E-state index is 14.9. The number of rotatable bonds is 5. The molecule has 3 aromatic rings. The van der Waals surface area contributed by atoms with Crippen LogP contribution in [0.5, 0.6) is 0 Å². The molecule has 0 amide bonds. The van der Waals surface area contributed by atoms with Crippen LogP contribution >= 0.6 is 0 Å². The number of carboxylic acids is 1. The van der Waals surface area contributed by atoms with Crippen molar-refractivity contribution in [3.8, 4) is 0 Å². The molecule has 0 spiro atoms. The van der Waals surface area contributed by atoms with Gasteiger partial charge in [-0.1, -0.05) is 30.3 Å². The molecule has 1 aliphatic rings. The van der Waals surface area contributed by atoms with E-state index in [9.17, 15) is 19.1 Å². The topological polar surface area (TPSA) is 97.4 Å². The number of aryl methyl sites for hydroxylation is 1. The molecule has 1 aromatic heterocycles. The SMILES string of the molecule is CCn1cc(C(=O)O)c(=O)c2c(N)c(F)c(N[C@H]3C[C@H](c4ccccc4)C3)cc21. The Morgan fingerprint density at radius 1 is 1.31 bits per heavy atom. The number of fused-ring (bicyclic) bond motifs is 1. The molecule has 4 N–H and O–H groups in total. The quantitative estimate of drug-likeness (QED) is 0.571. The number of pyridine rings is 1. The summed E-state index contributed by atoms with van der Waals surface area (Å²) in [7, 11) is 0. The number of nitrogens with zero attached hydrogens (tertiary/aromatic N) is 1. The number of anilines is 2. The average Bonchev–Trinajstić information content (AvgIpc) is 2.68. The van der Waals surface area contributed by atoms with E-state index in [0.29, 0.717) is 18.0 Å². The highest BCUT2D eigenvalue weighted by Gasteiger charge is 2.31. The van der Waals surface area contributed by atoms with E-state index in [1.165, 1.54) is 11.8 Å². The Morgan fingerprint density at radius 3 is 2.62 bits per heavy atom. The van der Waals surface area contributed by atoms with Crippen LogP contribution in [-0.2, 0) is 6.54 Å². The Hall–Kier alpha value is -3.35. The summed E-state index contributed by atoms with van der Waals surface area (Å²) in [4.78, 5) is 23.9. The van der Waals surface area contributed by atoms with Crippen molar-refractivity contribution in [1.29, 1.82) is 0 Å². The van der Waals surface area contributed by atoms with Gasteiger partial charge in [-0.2, -0.15) is 0 Å².